The van der Waals surface area contributed by atoms with Crippen LogP contribution in [0.15, 0.2) is 42.5 Å². The molecule has 0 spiro atoms. The Bertz CT molecular complexity index is 879. The zero-order chi connectivity index (χ0) is 20.7. The number of esters is 1. The molecule has 0 aromatic heterocycles. The van der Waals surface area contributed by atoms with Gasteiger partial charge in [-0.3, -0.25) is 14.9 Å². The molecule has 0 fully saturated rings. The van der Waals surface area contributed by atoms with Gasteiger partial charge in [0.2, 0.25) is 0 Å². The van der Waals surface area contributed by atoms with Gasteiger partial charge in [-0.2, -0.15) is 0 Å². The lowest BCUT2D eigenvalue weighted by atomic mass is 10.1. The number of ether oxygens (including phenoxy) is 2. The first-order valence-electron chi connectivity index (χ1n) is 8.81. The summed E-state index contributed by atoms with van der Waals surface area (Å²) < 4.78 is 10.6. The second-order valence-corrected chi connectivity index (χ2v) is 6.20. The fourth-order valence-corrected chi connectivity index (χ4v) is 2.48. The van der Waals surface area contributed by atoms with Crippen LogP contribution >= 0.6 is 0 Å². The lowest BCUT2D eigenvalue weighted by Gasteiger charge is -2.14. The van der Waals surface area contributed by atoms with Crippen molar-refractivity contribution in [2.45, 2.75) is 33.4 Å². The van der Waals surface area contributed by atoms with Crippen molar-refractivity contribution in [2.24, 2.45) is 0 Å². The molecule has 28 heavy (non-hydrogen) atoms. The summed E-state index contributed by atoms with van der Waals surface area (Å²) in [6, 6.07) is 10.7. The summed E-state index contributed by atoms with van der Waals surface area (Å²) in [5, 5.41) is 13.8. The van der Waals surface area contributed by atoms with E-state index in [1.54, 1.807) is 13.0 Å². The highest BCUT2D eigenvalue weighted by atomic mass is 16.6. The molecule has 0 atom stereocenters. The normalized spacial score (nSPS) is 10.4. The van der Waals surface area contributed by atoms with Crippen LogP contribution in [0.5, 0.6) is 5.75 Å². The number of carbonyl (C=O) groups excluding carboxylic acids is 2. The van der Waals surface area contributed by atoms with Crippen molar-refractivity contribution in [1.82, 2.24) is 5.32 Å². The van der Waals surface area contributed by atoms with E-state index in [9.17, 15) is 19.7 Å². The van der Waals surface area contributed by atoms with Crippen LogP contribution in [-0.2, 0) is 11.3 Å². The lowest BCUT2D eigenvalue weighted by molar-refractivity contribution is -0.384. The molecule has 0 saturated heterocycles. The molecule has 0 unspecified atom stereocenters. The molecule has 1 N–H and O–H groups in total. The summed E-state index contributed by atoms with van der Waals surface area (Å²) in [5.41, 5.74) is 0.351. The number of hydrogen-bond donors (Lipinski definition) is 1. The Hall–Kier alpha value is -3.42. The van der Waals surface area contributed by atoms with Crippen LogP contribution in [0, 0.1) is 10.1 Å². The van der Waals surface area contributed by atoms with E-state index in [1.807, 2.05) is 32.0 Å². The first kappa shape index (κ1) is 20.9. The zero-order valence-corrected chi connectivity index (χ0v) is 15.9. The maximum Gasteiger partial charge on any atom is 0.338 e. The summed E-state index contributed by atoms with van der Waals surface area (Å²) >= 11 is 0. The van der Waals surface area contributed by atoms with Crippen molar-refractivity contribution in [3.63, 3.8) is 0 Å². The predicted octanol–water partition coefficient (Wildman–Crippen LogP) is 3.49. The van der Waals surface area contributed by atoms with Gasteiger partial charge in [0.15, 0.2) is 0 Å². The van der Waals surface area contributed by atoms with E-state index in [0.717, 1.165) is 17.7 Å². The van der Waals surface area contributed by atoms with E-state index < -0.39 is 16.8 Å². The molecule has 2 aromatic carbocycles. The van der Waals surface area contributed by atoms with Crippen molar-refractivity contribution >= 4 is 17.6 Å². The number of nitro benzene ring substituents is 1. The predicted molar refractivity (Wildman–Crippen MR) is 102 cm³/mol. The number of nitrogens with one attached hydrogen (secondary N) is 1. The summed E-state index contributed by atoms with van der Waals surface area (Å²) in [5.74, 6) is -0.631. The van der Waals surface area contributed by atoms with Gasteiger partial charge in [-0.15, -0.1) is 0 Å². The number of nitro groups is 1. The largest absolute Gasteiger partial charge is 0.491 e. The monoisotopic (exact) mass is 386 g/mol. The highest BCUT2D eigenvalue weighted by molar-refractivity contribution is 5.99. The summed E-state index contributed by atoms with van der Waals surface area (Å²) in [4.78, 5) is 34.9. The summed E-state index contributed by atoms with van der Waals surface area (Å²) in [6.45, 7) is 5.71. The number of hydrogen-bond acceptors (Lipinski definition) is 6. The number of non-ortho nitro benzene ring substituents is 1. The Morgan fingerprint density at radius 2 is 1.82 bits per heavy atom. The maximum atomic E-state index is 12.5. The third kappa shape index (κ3) is 5.54. The third-order valence-electron chi connectivity index (χ3n) is 3.68. The van der Waals surface area contributed by atoms with E-state index in [4.69, 9.17) is 9.47 Å². The second-order valence-electron chi connectivity index (χ2n) is 6.20. The van der Waals surface area contributed by atoms with Gasteiger partial charge in [0.25, 0.3) is 11.6 Å². The molecule has 0 aliphatic carbocycles. The van der Waals surface area contributed by atoms with Gasteiger partial charge in [0.1, 0.15) is 5.75 Å². The van der Waals surface area contributed by atoms with Gasteiger partial charge in [0.05, 0.1) is 23.2 Å². The fraction of sp³-hybridized carbons (Fsp3) is 0.300. The molecule has 8 nitrogen and oxygen atoms in total. The first-order valence-corrected chi connectivity index (χ1v) is 8.81. The van der Waals surface area contributed by atoms with E-state index >= 15 is 0 Å². The Balaban J connectivity index is 2.22. The molecule has 1 amide bonds. The molecule has 0 bridgehead atoms. The molecular formula is C20H22N2O6. The summed E-state index contributed by atoms with van der Waals surface area (Å²) in [6.07, 6.45) is -0.0271. The Morgan fingerprint density at radius 1 is 1.14 bits per heavy atom. The van der Waals surface area contributed by atoms with Crippen molar-refractivity contribution in [3.8, 4) is 5.75 Å². The Kier molecular flexibility index (Phi) is 7.08. The molecular weight excluding hydrogens is 364 g/mol. The molecule has 0 saturated carbocycles. The summed E-state index contributed by atoms with van der Waals surface area (Å²) in [7, 11) is 0. The van der Waals surface area contributed by atoms with Gasteiger partial charge < -0.3 is 14.8 Å². The molecule has 148 valence electrons. The minimum Gasteiger partial charge on any atom is -0.491 e. The van der Waals surface area contributed by atoms with Crippen molar-refractivity contribution in [2.75, 3.05) is 6.61 Å². The van der Waals surface area contributed by atoms with E-state index in [-0.39, 0.29) is 36.1 Å². The van der Waals surface area contributed by atoms with Crippen LogP contribution in [0.4, 0.5) is 5.69 Å². The minimum absolute atomic E-state index is 0.000452. The molecule has 2 rings (SSSR count). The average Bonchev–Trinajstić information content (AvgIpc) is 2.66. The van der Waals surface area contributed by atoms with Crippen LogP contribution in [0.2, 0.25) is 0 Å². The van der Waals surface area contributed by atoms with E-state index in [1.165, 1.54) is 6.07 Å². The number of benzene rings is 2. The number of amides is 1. The molecule has 0 radical (unpaired) electrons. The number of rotatable bonds is 8. The first-order chi connectivity index (χ1) is 13.3. The third-order valence-corrected chi connectivity index (χ3v) is 3.68. The van der Waals surface area contributed by atoms with Gasteiger partial charge >= 0.3 is 5.97 Å². The average molecular weight is 386 g/mol. The Morgan fingerprint density at radius 3 is 2.46 bits per heavy atom. The SMILES string of the molecule is CCOC(=O)c1cc(C(=O)NCc2ccccc2OC(C)C)cc([N+](=O)[O-])c1. The van der Waals surface area contributed by atoms with Crippen LogP contribution in [-0.4, -0.2) is 29.5 Å². The number of nitrogens with zero attached hydrogens (tertiary/aromatic N) is 1. The second kappa shape index (κ2) is 9.50. The van der Waals surface area contributed by atoms with Crippen LogP contribution in [0.3, 0.4) is 0 Å². The molecule has 2 aromatic rings. The Labute approximate surface area is 162 Å². The molecule has 0 aliphatic heterocycles. The van der Waals surface area contributed by atoms with Gasteiger partial charge in [-0.25, -0.2) is 4.79 Å². The molecule has 8 heteroatoms. The maximum absolute atomic E-state index is 12.5. The van der Waals surface area contributed by atoms with Crippen molar-refractivity contribution < 1.29 is 24.0 Å². The highest BCUT2D eigenvalue weighted by Gasteiger charge is 2.19. The molecule has 0 heterocycles. The minimum atomic E-state index is -0.726. The standard InChI is InChI=1S/C20H22N2O6/c1-4-27-20(24)16-9-15(10-17(11-16)22(25)26)19(23)21-12-14-7-5-6-8-18(14)28-13(2)3/h5-11,13H,4,12H2,1-3H3,(H,21,23). The quantitative estimate of drug-likeness (QED) is 0.423. The zero-order valence-electron chi connectivity index (χ0n) is 15.9. The van der Waals surface area contributed by atoms with E-state index in [2.05, 4.69) is 5.32 Å². The highest BCUT2D eigenvalue weighted by Crippen LogP contribution is 2.21. The van der Waals surface area contributed by atoms with Crippen molar-refractivity contribution in [3.05, 3.63) is 69.3 Å². The van der Waals surface area contributed by atoms with Crippen LogP contribution in [0.25, 0.3) is 0 Å². The van der Waals surface area contributed by atoms with Gasteiger partial charge in [-0.1, -0.05) is 18.2 Å². The van der Waals surface area contributed by atoms with Crippen LogP contribution in [0.1, 0.15) is 47.1 Å². The van der Waals surface area contributed by atoms with E-state index in [0.29, 0.717) is 5.75 Å². The smallest absolute Gasteiger partial charge is 0.338 e. The molecule has 0 aliphatic rings. The van der Waals surface area contributed by atoms with Crippen molar-refractivity contribution in [1.29, 1.82) is 0 Å². The number of carbonyl (C=O) groups is 2. The fourth-order valence-electron chi connectivity index (χ4n) is 2.48. The van der Waals surface area contributed by atoms with Gasteiger partial charge in [-0.05, 0) is 32.9 Å². The topological polar surface area (TPSA) is 108 Å². The van der Waals surface area contributed by atoms with Crippen LogP contribution < -0.4 is 10.1 Å². The van der Waals surface area contributed by atoms with Gasteiger partial charge in [0, 0.05) is 29.8 Å². The lowest BCUT2D eigenvalue weighted by Crippen LogP contribution is -2.24. The number of para-hydroxylation sites is 1.